The molecule has 9 heavy (non-hydrogen) atoms. The van der Waals surface area contributed by atoms with Crippen molar-refractivity contribution in [1.82, 2.24) is 0 Å². The molecule has 50 valence electrons. The first kappa shape index (κ1) is 6.60. The van der Waals surface area contributed by atoms with Crippen molar-refractivity contribution in [2.45, 2.75) is 33.1 Å². The molecule has 1 aliphatic carbocycles. The summed E-state index contributed by atoms with van der Waals surface area (Å²) in [6, 6.07) is 0. The first-order valence-corrected chi connectivity index (χ1v) is 3.62. The molecular weight excluding hydrogens is 108 g/mol. The molecule has 0 aromatic rings. The lowest BCUT2D eigenvalue weighted by atomic mass is 10.1. The van der Waals surface area contributed by atoms with Gasteiger partial charge in [0, 0.05) is 0 Å². The van der Waals surface area contributed by atoms with Crippen LogP contribution in [0.25, 0.3) is 0 Å². The molecule has 0 N–H and O–H groups in total. The Labute approximate surface area is 57.3 Å². The van der Waals surface area contributed by atoms with Crippen LogP contribution in [0.5, 0.6) is 0 Å². The quantitative estimate of drug-likeness (QED) is 0.501. The second kappa shape index (κ2) is 2.38. The fourth-order valence-electron chi connectivity index (χ4n) is 1.49. The maximum atomic E-state index is 4.00. The SMILES string of the molecule is C=C1CCC(C)=C1CC. The molecule has 0 unspecified atom stereocenters. The second-order valence-electron chi connectivity index (χ2n) is 2.72. The smallest absolute Gasteiger partial charge is 0.0245 e. The molecule has 0 nitrogen and oxygen atoms in total. The minimum Gasteiger partial charge on any atom is -0.0955 e. The lowest BCUT2D eigenvalue weighted by Crippen LogP contribution is -1.78. The fraction of sp³-hybridized carbons (Fsp3) is 0.556. The van der Waals surface area contributed by atoms with Crippen LogP contribution in [0.1, 0.15) is 33.1 Å². The Balaban J connectivity index is 2.82. The van der Waals surface area contributed by atoms with Crippen molar-refractivity contribution in [1.29, 1.82) is 0 Å². The molecule has 0 heterocycles. The van der Waals surface area contributed by atoms with Crippen molar-refractivity contribution in [3.05, 3.63) is 23.3 Å². The third-order valence-corrected chi connectivity index (χ3v) is 2.10. The van der Waals surface area contributed by atoms with Crippen molar-refractivity contribution in [3.63, 3.8) is 0 Å². The van der Waals surface area contributed by atoms with E-state index in [9.17, 15) is 0 Å². The number of hydrogen-bond acceptors (Lipinski definition) is 0. The summed E-state index contributed by atoms with van der Waals surface area (Å²) in [5.74, 6) is 0. The van der Waals surface area contributed by atoms with Gasteiger partial charge in [-0.3, -0.25) is 0 Å². The van der Waals surface area contributed by atoms with Gasteiger partial charge in [0.15, 0.2) is 0 Å². The average Bonchev–Trinajstić information content (AvgIpc) is 2.12. The zero-order valence-corrected chi connectivity index (χ0v) is 6.33. The Bertz CT molecular complexity index is 161. The lowest BCUT2D eigenvalue weighted by molar-refractivity contribution is 1.01. The molecule has 0 amide bonds. The molecule has 0 aliphatic heterocycles. The van der Waals surface area contributed by atoms with Crippen LogP contribution in [0.4, 0.5) is 0 Å². The van der Waals surface area contributed by atoms with Crippen molar-refractivity contribution in [2.24, 2.45) is 0 Å². The largest absolute Gasteiger partial charge is 0.0955 e. The molecule has 0 aromatic carbocycles. The number of allylic oxidation sites excluding steroid dienone is 3. The second-order valence-corrected chi connectivity index (χ2v) is 2.72. The van der Waals surface area contributed by atoms with Gasteiger partial charge in [-0.05, 0) is 31.8 Å². The van der Waals surface area contributed by atoms with E-state index in [1.807, 2.05) is 0 Å². The van der Waals surface area contributed by atoms with Gasteiger partial charge in [-0.2, -0.15) is 0 Å². The fourth-order valence-corrected chi connectivity index (χ4v) is 1.49. The minimum atomic E-state index is 1.17. The van der Waals surface area contributed by atoms with E-state index in [1.54, 1.807) is 5.57 Å². The Kier molecular flexibility index (Phi) is 1.75. The Morgan fingerprint density at radius 2 is 2.11 bits per heavy atom. The molecule has 0 heteroatoms. The van der Waals surface area contributed by atoms with E-state index in [4.69, 9.17) is 0 Å². The molecule has 0 aromatic heterocycles. The first-order valence-electron chi connectivity index (χ1n) is 3.62. The zero-order valence-electron chi connectivity index (χ0n) is 6.33. The predicted molar refractivity (Wildman–Crippen MR) is 41.4 cm³/mol. The van der Waals surface area contributed by atoms with Gasteiger partial charge in [0.1, 0.15) is 0 Å². The van der Waals surface area contributed by atoms with Gasteiger partial charge < -0.3 is 0 Å². The molecule has 0 fully saturated rings. The summed E-state index contributed by atoms with van der Waals surface area (Å²) in [5.41, 5.74) is 4.45. The molecule has 0 saturated carbocycles. The summed E-state index contributed by atoms with van der Waals surface area (Å²) in [6.07, 6.45) is 3.63. The summed E-state index contributed by atoms with van der Waals surface area (Å²) < 4.78 is 0. The molecule has 0 radical (unpaired) electrons. The van der Waals surface area contributed by atoms with E-state index in [0.29, 0.717) is 0 Å². The highest BCUT2D eigenvalue weighted by molar-refractivity contribution is 5.37. The van der Waals surface area contributed by atoms with Gasteiger partial charge in [0.05, 0.1) is 0 Å². The molecule has 0 bridgehead atoms. The maximum Gasteiger partial charge on any atom is -0.0245 e. The van der Waals surface area contributed by atoms with Gasteiger partial charge in [-0.15, -0.1) is 0 Å². The molecule has 0 spiro atoms. The summed E-state index contributed by atoms with van der Waals surface area (Å²) in [7, 11) is 0. The van der Waals surface area contributed by atoms with Crippen LogP contribution in [0.2, 0.25) is 0 Å². The highest BCUT2D eigenvalue weighted by Crippen LogP contribution is 2.31. The zero-order chi connectivity index (χ0) is 6.85. The van der Waals surface area contributed by atoms with E-state index in [-0.39, 0.29) is 0 Å². The standard InChI is InChI=1S/C9H14/c1-4-9-7(2)5-6-8(9)3/h2,4-6H2,1,3H3. The molecular formula is C9H14. The van der Waals surface area contributed by atoms with E-state index in [0.717, 1.165) is 0 Å². The van der Waals surface area contributed by atoms with Crippen molar-refractivity contribution < 1.29 is 0 Å². The summed E-state index contributed by atoms with van der Waals surface area (Å²) in [5, 5.41) is 0. The van der Waals surface area contributed by atoms with Gasteiger partial charge in [0.25, 0.3) is 0 Å². The lowest BCUT2D eigenvalue weighted by Gasteiger charge is -1.98. The van der Waals surface area contributed by atoms with Gasteiger partial charge >= 0.3 is 0 Å². The Morgan fingerprint density at radius 3 is 2.33 bits per heavy atom. The highest BCUT2D eigenvalue weighted by atomic mass is 14.2. The van der Waals surface area contributed by atoms with E-state index < -0.39 is 0 Å². The van der Waals surface area contributed by atoms with Crippen LogP contribution in [0.3, 0.4) is 0 Å². The summed E-state index contributed by atoms with van der Waals surface area (Å²) in [6.45, 7) is 8.42. The Hall–Kier alpha value is -0.520. The van der Waals surface area contributed by atoms with Crippen molar-refractivity contribution >= 4 is 0 Å². The van der Waals surface area contributed by atoms with Gasteiger partial charge in [0.2, 0.25) is 0 Å². The number of rotatable bonds is 1. The minimum absolute atomic E-state index is 1.17. The third-order valence-electron chi connectivity index (χ3n) is 2.10. The summed E-state index contributed by atoms with van der Waals surface area (Å²) in [4.78, 5) is 0. The predicted octanol–water partition coefficient (Wildman–Crippen LogP) is 3.06. The van der Waals surface area contributed by atoms with Crippen molar-refractivity contribution in [3.8, 4) is 0 Å². The van der Waals surface area contributed by atoms with E-state index in [1.165, 1.54) is 30.4 Å². The summed E-state index contributed by atoms with van der Waals surface area (Å²) >= 11 is 0. The molecule has 1 rings (SSSR count). The van der Waals surface area contributed by atoms with Crippen LogP contribution in [-0.4, -0.2) is 0 Å². The maximum absolute atomic E-state index is 4.00. The van der Waals surface area contributed by atoms with Crippen LogP contribution in [-0.2, 0) is 0 Å². The van der Waals surface area contributed by atoms with Gasteiger partial charge in [-0.1, -0.05) is 24.6 Å². The molecule has 0 atom stereocenters. The van der Waals surface area contributed by atoms with E-state index >= 15 is 0 Å². The number of hydrogen-bond donors (Lipinski definition) is 0. The van der Waals surface area contributed by atoms with Gasteiger partial charge in [-0.25, -0.2) is 0 Å². The van der Waals surface area contributed by atoms with Crippen LogP contribution in [0.15, 0.2) is 23.3 Å². The monoisotopic (exact) mass is 122 g/mol. The molecule has 1 aliphatic rings. The van der Waals surface area contributed by atoms with Crippen LogP contribution in [0, 0.1) is 0 Å². The third kappa shape index (κ3) is 1.07. The molecule has 0 saturated heterocycles. The Morgan fingerprint density at radius 1 is 1.44 bits per heavy atom. The van der Waals surface area contributed by atoms with E-state index in [2.05, 4.69) is 20.4 Å². The normalized spacial score (nSPS) is 19.6. The van der Waals surface area contributed by atoms with Crippen LogP contribution >= 0.6 is 0 Å². The highest BCUT2D eigenvalue weighted by Gasteiger charge is 2.11. The average molecular weight is 122 g/mol. The topological polar surface area (TPSA) is 0 Å². The van der Waals surface area contributed by atoms with Crippen molar-refractivity contribution in [2.75, 3.05) is 0 Å². The first-order chi connectivity index (χ1) is 4.25. The van der Waals surface area contributed by atoms with Crippen LogP contribution < -0.4 is 0 Å².